The van der Waals surface area contributed by atoms with Gasteiger partial charge in [0.25, 0.3) is 0 Å². The average Bonchev–Trinajstić information content (AvgIpc) is 3.01. The first-order valence-electron chi connectivity index (χ1n) is 19.1. The van der Waals surface area contributed by atoms with Gasteiger partial charge in [-0.15, -0.1) is 0 Å². The third kappa shape index (κ3) is 36.1. The fourth-order valence-corrected chi connectivity index (χ4v) is 5.73. The Morgan fingerprint density at radius 1 is 0.660 bits per heavy atom. The number of esters is 1. The molecule has 9 heteroatoms. The molecule has 0 aliphatic rings. The second-order valence-electron chi connectivity index (χ2n) is 14.0. The summed E-state index contributed by atoms with van der Waals surface area (Å²) < 4.78 is 34.4. The highest BCUT2D eigenvalue weighted by molar-refractivity contribution is 7.47. The maximum Gasteiger partial charge on any atom is 0.472 e. The molecule has 0 saturated carbocycles. The first kappa shape index (κ1) is 46.0. The maximum atomic E-state index is 12.3. The van der Waals surface area contributed by atoms with Crippen LogP contribution in [-0.2, 0) is 27.9 Å². The average molecular weight is 689 g/mol. The smallest absolute Gasteiger partial charge is 0.457 e. The summed E-state index contributed by atoms with van der Waals surface area (Å²) in [5, 5.41) is 0. The van der Waals surface area contributed by atoms with Crippen molar-refractivity contribution in [2.45, 2.75) is 161 Å². The minimum atomic E-state index is -4.25. The van der Waals surface area contributed by atoms with Crippen LogP contribution >= 0.6 is 7.82 Å². The molecule has 0 bridgehead atoms. The van der Waals surface area contributed by atoms with Crippen LogP contribution in [0.15, 0.2) is 24.3 Å². The quantitative estimate of drug-likeness (QED) is 0.0233. The van der Waals surface area contributed by atoms with Crippen LogP contribution in [0.2, 0.25) is 0 Å². The lowest BCUT2D eigenvalue weighted by atomic mass is 10.1. The number of ether oxygens (including phenoxy) is 2. The maximum absolute atomic E-state index is 12.3. The van der Waals surface area contributed by atoms with E-state index in [2.05, 4.69) is 38.2 Å². The predicted octanol–water partition coefficient (Wildman–Crippen LogP) is 10.5. The van der Waals surface area contributed by atoms with Gasteiger partial charge in [0, 0.05) is 13.0 Å². The van der Waals surface area contributed by atoms with E-state index in [0.717, 1.165) is 38.5 Å². The molecule has 0 aliphatic carbocycles. The summed E-state index contributed by atoms with van der Waals surface area (Å²) in [6.45, 7) is 5.43. The molecular formula is C38H75NO7P+. The SMILES string of the molecule is CCCCCCC/C=C\C/C=C\CCCCCCCCCCCCOCC(COP(=O)(O)OCC[N+](C)(C)C)OC(=O)CCCCC. The van der Waals surface area contributed by atoms with Crippen LogP contribution in [0.5, 0.6) is 0 Å². The molecule has 0 fully saturated rings. The minimum Gasteiger partial charge on any atom is -0.457 e. The fraction of sp³-hybridized carbons (Fsp3) is 0.868. The van der Waals surface area contributed by atoms with Gasteiger partial charge in [-0.3, -0.25) is 13.8 Å². The highest BCUT2D eigenvalue weighted by Gasteiger charge is 2.26. The Balaban J connectivity index is 3.91. The van der Waals surface area contributed by atoms with Crippen LogP contribution in [0, 0.1) is 0 Å². The van der Waals surface area contributed by atoms with Gasteiger partial charge >= 0.3 is 13.8 Å². The van der Waals surface area contributed by atoms with Crippen molar-refractivity contribution in [3.8, 4) is 0 Å². The van der Waals surface area contributed by atoms with Crippen molar-refractivity contribution in [2.75, 3.05) is 54.1 Å². The van der Waals surface area contributed by atoms with E-state index < -0.39 is 13.9 Å². The van der Waals surface area contributed by atoms with Gasteiger partial charge in [-0.25, -0.2) is 4.57 Å². The first-order chi connectivity index (χ1) is 22.6. The van der Waals surface area contributed by atoms with Crippen LogP contribution in [0.3, 0.4) is 0 Å². The zero-order valence-electron chi connectivity index (χ0n) is 31.3. The number of phosphoric acid groups is 1. The number of rotatable bonds is 35. The Morgan fingerprint density at radius 3 is 1.72 bits per heavy atom. The molecule has 0 spiro atoms. The molecule has 0 saturated heterocycles. The fourth-order valence-electron chi connectivity index (χ4n) is 4.99. The van der Waals surface area contributed by atoms with Gasteiger partial charge in [0.05, 0.1) is 34.4 Å². The highest BCUT2D eigenvalue weighted by Crippen LogP contribution is 2.43. The molecule has 2 atom stereocenters. The Labute approximate surface area is 290 Å². The van der Waals surface area contributed by atoms with E-state index in [-0.39, 0.29) is 25.8 Å². The second-order valence-corrected chi connectivity index (χ2v) is 15.4. The molecule has 0 amide bonds. The van der Waals surface area contributed by atoms with Crippen molar-refractivity contribution < 1.29 is 37.3 Å². The molecular weight excluding hydrogens is 613 g/mol. The Kier molecular flexibility index (Phi) is 31.5. The number of unbranched alkanes of at least 4 members (excludes halogenated alkanes) is 17. The van der Waals surface area contributed by atoms with Crippen molar-refractivity contribution in [1.29, 1.82) is 0 Å². The highest BCUT2D eigenvalue weighted by atomic mass is 31.2. The molecule has 2 unspecified atom stereocenters. The van der Waals surface area contributed by atoms with Gasteiger partial charge < -0.3 is 18.9 Å². The number of carbonyl (C=O) groups is 1. The van der Waals surface area contributed by atoms with Crippen LogP contribution in [-0.4, -0.2) is 75.6 Å². The largest absolute Gasteiger partial charge is 0.472 e. The van der Waals surface area contributed by atoms with Crippen LogP contribution < -0.4 is 0 Å². The molecule has 8 nitrogen and oxygen atoms in total. The third-order valence-corrected chi connectivity index (χ3v) is 9.00. The van der Waals surface area contributed by atoms with Gasteiger partial charge in [-0.05, 0) is 44.9 Å². The summed E-state index contributed by atoms with van der Waals surface area (Å²) in [7, 11) is 1.66. The van der Waals surface area contributed by atoms with Crippen molar-refractivity contribution in [1.82, 2.24) is 0 Å². The number of hydrogen-bond acceptors (Lipinski definition) is 6. The Morgan fingerprint density at radius 2 is 1.17 bits per heavy atom. The van der Waals surface area contributed by atoms with E-state index >= 15 is 0 Å². The molecule has 0 aliphatic heterocycles. The number of allylic oxidation sites excluding steroid dienone is 4. The van der Waals surface area contributed by atoms with Gasteiger partial charge in [0.1, 0.15) is 19.3 Å². The molecule has 0 aromatic rings. The summed E-state index contributed by atoms with van der Waals surface area (Å²) >= 11 is 0. The van der Waals surface area contributed by atoms with Crippen molar-refractivity contribution >= 4 is 13.8 Å². The number of likely N-dealkylation sites (N-methyl/N-ethyl adjacent to an activating group) is 1. The second kappa shape index (κ2) is 32.2. The summed E-state index contributed by atoms with van der Waals surface area (Å²) in [4.78, 5) is 22.3. The van der Waals surface area contributed by atoms with Gasteiger partial charge in [-0.1, -0.05) is 128 Å². The monoisotopic (exact) mass is 689 g/mol. The molecule has 0 aromatic heterocycles. The lowest BCUT2D eigenvalue weighted by Crippen LogP contribution is -2.37. The molecule has 0 radical (unpaired) electrons. The van der Waals surface area contributed by atoms with Gasteiger partial charge in [0.15, 0.2) is 0 Å². The summed E-state index contributed by atoms with van der Waals surface area (Å²) in [5.74, 6) is -0.340. The van der Waals surface area contributed by atoms with Crippen LogP contribution in [0.1, 0.15) is 155 Å². The standard InChI is InChI=1S/C38H74NO7P/c1-6-8-10-11-12-13-14-15-16-17-18-19-20-21-22-23-24-25-26-27-28-30-33-43-35-37(46-38(40)31-29-9-7-2)36-45-47(41,42)44-34-32-39(3,4)5/h14-15,17-18,37H,6-13,16,19-36H2,1-5H3/p+1/b15-14-,18-17-. The topological polar surface area (TPSA) is 91.3 Å². The Hall–Kier alpha value is -1.02. The summed E-state index contributed by atoms with van der Waals surface area (Å²) in [6.07, 6.45) is 34.3. The number of phosphoric ester groups is 1. The lowest BCUT2D eigenvalue weighted by molar-refractivity contribution is -0.870. The van der Waals surface area contributed by atoms with E-state index in [1.54, 1.807) is 0 Å². The zero-order chi connectivity index (χ0) is 34.9. The van der Waals surface area contributed by atoms with Crippen LogP contribution in [0.25, 0.3) is 0 Å². The molecule has 0 aromatic carbocycles. The third-order valence-electron chi connectivity index (χ3n) is 8.02. The summed E-state index contributed by atoms with van der Waals surface area (Å²) in [6, 6.07) is 0. The van der Waals surface area contributed by atoms with E-state index in [1.165, 1.54) is 96.3 Å². The van der Waals surface area contributed by atoms with Crippen molar-refractivity contribution in [2.24, 2.45) is 0 Å². The van der Waals surface area contributed by atoms with Gasteiger partial charge in [-0.2, -0.15) is 0 Å². The number of quaternary nitrogens is 1. The van der Waals surface area contributed by atoms with E-state index in [1.807, 2.05) is 21.1 Å². The van der Waals surface area contributed by atoms with E-state index in [4.69, 9.17) is 18.5 Å². The summed E-state index contributed by atoms with van der Waals surface area (Å²) in [5.41, 5.74) is 0. The van der Waals surface area contributed by atoms with Crippen molar-refractivity contribution in [3.05, 3.63) is 24.3 Å². The molecule has 0 rings (SSSR count). The van der Waals surface area contributed by atoms with E-state index in [0.29, 0.717) is 24.1 Å². The normalized spacial score (nSPS) is 14.3. The predicted molar refractivity (Wildman–Crippen MR) is 197 cm³/mol. The Bertz CT molecular complexity index is 812. The number of hydrogen-bond donors (Lipinski definition) is 1. The van der Waals surface area contributed by atoms with Crippen molar-refractivity contribution in [3.63, 3.8) is 0 Å². The first-order valence-corrected chi connectivity index (χ1v) is 20.6. The van der Waals surface area contributed by atoms with Crippen LogP contribution in [0.4, 0.5) is 0 Å². The lowest BCUT2D eigenvalue weighted by Gasteiger charge is -2.24. The molecule has 0 heterocycles. The number of nitrogens with zero attached hydrogens (tertiary/aromatic N) is 1. The molecule has 278 valence electrons. The number of carbonyl (C=O) groups excluding carboxylic acids is 1. The van der Waals surface area contributed by atoms with Gasteiger partial charge in [0.2, 0.25) is 0 Å². The minimum absolute atomic E-state index is 0.0882. The molecule has 1 N–H and O–H groups in total. The zero-order valence-corrected chi connectivity index (χ0v) is 32.2. The van der Waals surface area contributed by atoms with E-state index in [9.17, 15) is 14.3 Å². The molecule has 47 heavy (non-hydrogen) atoms.